The second-order valence-electron chi connectivity index (χ2n) is 8.62. The van der Waals surface area contributed by atoms with Crippen molar-refractivity contribution < 1.29 is 9.90 Å². The van der Waals surface area contributed by atoms with Crippen molar-refractivity contribution in [2.45, 2.75) is 62.9 Å². The summed E-state index contributed by atoms with van der Waals surface area (Å²) in [5, 5.41) is 12.9. The molecule has 1 heterocycles. The lowest BCUT2D eigenvalue weighted by molar-refractivity contribution is -0.124. The number of rotatable bonds is 6. The van der Waals surface area contributed by atoms with Gasteiger partial charge in [-0.2, -0.15) is 0 Å². The minimum absolute atomic E-state index is 0.117. The van der Waals surface area contributed by atoms with Gasteiger partial charge in [-0.1, -0.05) is 43.2 Å². The average molecular weight is 357 g/mol. The Balaban J connectivity index is 1.33. The van der Waals surface area contributed by atoms with Gasteiger partial charge in [0.15, 0.2) is 0 Å². The fourth-order valence-electron chi connectivity index (χ4n) is 5.50. The average Bonchev–Trinajstić information content (AvgIpc) is 3.08. The number of nitrogens with one attached hydrogen (secondary N) is 1. The van der Waals surface area contributed by atoms with E-state index in [0.29, 0.717) is 0 Å². The van der Waals surface area contributed by atoms with Crippen molar-refractivity contribution in [1.82, 2.24) is 10.2 Å². The maximum Gasteiger partial charge on any atom is 0.231 e. The Morgan fingerprint density at radius 3 is 2.54 bits per heavy atom. The van der Waals surface area contributed by atoms with Gasteiger partial charge in [0, 0.05) is 19.6 Å². The number of hydrogen-bond acceptors (Lipinski definition) is 3. The first-order chi connectivity index (χ1) is 12.7. The molecule has 0 radical (unpaired) electrons. The van der Waals surface area contributed by atoms with Gasteiger partial charge in [-0.05, 0) is 56.0 Å². The number of benzene rings is 1. The Labute approximate surface area is 157 Å². The summed E-state index contributed by atoms with van der Waals surface area (Å²) in [6.45, 7) is 3.72. The Hall–Kier alpha value is -1.39. The Kier molecular flexibility index (Phi) is 5.07. The van der Waals surface area contributed by atoms with Crippen molar-refractivity contribution in [3.63, 3.8) is 0 Å². The van der Waals surface area contributed by atoms with Crippen molar-refractivity contribution in [3.05, 3.63) is 35.9 Å². The number of carbonyl (C=O) groups is 1. The standard InChI is InChI=1S/C22H32N2O2/c25-19-9-15-24(16-10-19)14-6-13-23-20(26)22(18-7-2-1-3-8-18)17-21(22)11-4-5-12-21/h1-3,7-8,19,25H,4-6,9-17H2,(H,23,26). The third kappa shape index (κ3) is 3.18. The molecule has 4 rings (SSSR count). The topological polar surface area (TPSA) is 52.6 Å². The van der Waals surface area contributed by atoms with Crippen LogP contribution in [-0.2, 0) is 10.2 Å². The number of piperidine rings is 1. The molecule has 2 saturated carbocycles. The lowest BCUT2D eigenvalue weighted by Gasteiger charge is -2.29. The molecule has 1 atom stereocenters. The molecule has 4 heteroatoms. The van der Waals surface area contributed by atoms with Crippen LogP contribution in [0.3, 0.4) is 0 Å². The zero-order valence-corrected chi connectivity index (χ0v) is 15.8. The van der Waals surface area contributed by atoms with E-state index in [1.165, 1.54) is 31.2 Å². The van der Waals surface area contributed by atoms with Crippen LogP contribution in [0.4, 0.5) is 0 Å². The molecule has 2 aliphatic carbocycles. The van der Waals surface area contributed by atoms with E-state index >= 15 is 0 Å². The van der Waals surface area contributed by atoms with Crippen LogP contribution in [0.2, 0.25) is 0 Å². The first-order valence-corrected chi connectivity index (χ1v) is 10.4. The van der Waals surface area contributed by atoms with Crippen molar-refractivity contribution in [2.24, 2.45) is 5.41 Å². The summed E-state index contributed by atoms with van der Waals surface area (Å²) in [6, 6.07) is 10.5. The van der Waals surface area contributed by atoms with E-state index in [4.69, 9.17) is 0 Å². The lowest BCUT2D eigenvalue weighted by atomic mass is 9.84. The number of nitrogens with zero attached hydrogens (tertiary/aromatic N) is 1. The quantitative estimate of drug-likeness (QED) is 0.771. The van der Waals surface area contributed by atoms with Gasteiger partial charge in [-0.25, -0.2) is 0 Å². The van der Waals surface area contributed by atoms with Gasteiger partial charge in [-0.3, -0.25) is 4.79 Å². The number of carbonyl (C=O) groups excluding carboxylic acids is 1. The van der Waals surface area contributed by atoms with Crippen molar-refractivity contribution in [2.75, 3.05) is 26.2 Å². The molecule has 4 nitrogen and oxygen atoms in total. The van der Waals surface area contributed by atoms with E-state index in [0.717, 1.165) is 51.9 Å². The highest BCUT2D eigenvalue weighted by atomic mass is 16.3. The Morgan fingerprint density at radius 2 is 1.85 bits per heavy atom. The molecule has 1 unspecified atom stereocenters. The number of aliphatic hydroxyl groups is 1. The highest BCUT2D eigenvalue weighted by Crippen LogP contribution is 2.72. The summed E-state index contributed by atoms with van der Waals surface area (Å²) in [4.78, 5) is 15.6. The van der Waals surface area contributed by atoms with Crippen LogP contribution < -0.4 is 5.32 Å². The van der Waals surface area contributed by atoms with Crippen molar-refractivity contribution in [1.29, 1.82) is 0 Å². The van der Waals surface area contributed by atoms with Crippen LogP contribution in [0.5, 0.6) is 0 Å². The zero-order chi connectivity index (χ0) is 18.0. The monoisotopic (exact) mass is 356 g/mol. The summed E-state index contributed by atoms with van der Waals surface area (Å²) in [7, 11) is 0. The van der Waals surface area contributed by atoms with Crippen LogP contribution in [0.1, 0.15) is 56.9 Å². The minimum atomic E-state index is -0.278. The molecule has 1 aromatic rings. The molecule has 3 fully saturated rings. The van der Waals surface area contributed by atoms with Crippen LogP contribution in [0.15, 0.2) is 30.3 Å². The Morgan fingerprint density at radius 1 is 1.15 bits per heavy atom. The highest BCUT2D eigenvalue weighted by Gasteiger charge is 2.72. The van der Waals surface area contributed by atoms with E-state index in [1.54, 1.807) is 0 Å². The Bertz CT molecular complexity index is 618. The van der Waals surface area contributed by atoms with E-state index in [9.17, 15) is 9.90 Å². The predicted octanol–water partition coefficient (Wildman–Crippen LogP) is 2.85. The lowest BCUT2D eigenvalue weighted by Crippen LogP contribution is -2.41. The summed E-state index contributed by atoms with van der Waals surface area (Å²) in [5.74, 6) is 0.250. The van der Waals surface area contributed by atoms with Crippen LogP contribution in [0, 0.1) is 5.41 Å². The molecule has 26 heavy (non-hydrogen) atoms. The maximum atomic E-state index is 13.2. The van der Waals surface area contributed by atoms with Gasteiger partial charge in [0.25, 0.3) is 0 Å². The highest BCUT2D eigenvalue weighted by molar-refractivity contribution is 5.93. The zero-order valence-electron chi connectivity index (χ0n) is 15.8. The van der Waals surface area contributed by atoms with E-state index in [1.807, 2.05) is 6.07 Å². The molecule has 3 aliphatic rings. The van der Waals surface area contributed by atoms with Crippen LogP contribution >= 0.6 is 0 Å². The molecule has 1 aliphatic heterocycles. The third-order valence-electron chi connectivity index (χ3n) is 7.09. The summed E-state index contributed by atoms with van der Waals surface area (Å²) in [6.07, 6.45) is 8.59. The number of amides is 1. The molecule has 0 bridgehead atoms. The van der Waals surface area contributed by atoms with Crippen molar-refractivity contribution >= 4 is 5.91 Å². The second kappa shape index (κ2) is 7.32. The van der Waals surface area contributed by atoms with E-state index < -0.39 is 0 Å². The molecule has 2 N–H and O–H groups in total. The smallest absolute Gasteiger partial charge is 0.231 e. The number of likely N-dealkylation sites (tertiary alicyclic amines) is 1. The fourth-order valence-corrected chi connectivity index (χ4v) is 5.50. The summed E-state index contributed by atoms with van der Waals surface area (Å²) >= 11 is 0. The summed E-state index contributed by atoms with van der Waals surface area (Å²) in [5.41, 5.74) is 1.16. The number of hydrogen-bond donors (Lipinski definition) is 2. The summed E-state index contributed by atoms with van der Waals surface area (Å²) < 4.78 is 0. The first kappa shape index (κ1) is 18.0. The van der Waals surface area contributed by atoms with Gasteiger partial charge in [0.2, 0.25) is 5.91 Å². The molecular formula is C22H32N2O2. The van der Waals surface area contributed by atoms with E-state index in [-0.39, 0.29) is 22.8 Å². The molecule has 1 aromatic carbocycles. The molecule has 0 aromatic heterocycles. The maximum absolute atomic E-state index is 13.2. The number of aliphatic hydroxyl groups excluding tert-OH is 1. The molecule has 1 spiro atoms. The molecule has 142 valence electrons. The molecule has 1 saturated heterocycles. The molecular weight excluding hydrogens is 324 g/mol. The van der Waals surface area contributed by atoms with Crippen LogP contribution in [0.25, 0.3) is 0 Å². The van der Waals surface area contributed by atoms with Crippen LogP contribution in [-0.4, -0.2) is 48.2 Å². The van der Waals surface area contributed by atoms with E-state index in [2.05, 4.69) is 34.5 Å². The third-order valence-corrected chi connectivity index (χ3v) is 7.09. The van der Waals surface area contributed by atoms with Gasteiger partial charge >= 0.3 is 0 Å². The van der Waals surface area contributed by atoms with Gasteiger partial charge in [-0.15, -0.1) is 0 Å². The SMILES string of the molecule is O=C(NCCCN1CCC(O)CC1)C1(c2ccccc2)CC12CCCC2. The normalized spacial score (nSPS) is 28.3. The van der Waals surface area contributed by atoms with Gasteiger partial charge in [0.1, 0.15) is 0 Å². The van der Waals surface area contributed by atoms with Crippen molar-refractivity contribution in [3.8, 4) is 0 Å². The fraction of sp³-hybridized carbons (Fsp3) is 0.682. The largest absolute Gasteiger partial charge is 0.393 e. The molecule has 1 amide bonds. The minimum Gasteiger partial charge on any atom is -0.393 e. The van der Waals surface area contributed by atoms with Gasteiger partial charge in [0.05, 0.1) is 11.5 Å². The van der Waals surface area contributed by atoms with Gasteiger partial charge < -0.3 is 15.3 Å². The first-order valence-electron chi connectivity index (χ1n) is 10.4. The predicted molar refractivity (Wildman–Crippen MR) is 103 cm³/mol. The second-order valence-corrected chi connectivity index (χ2v) is 8.62.